The minimum atomic E-state index is -0.0447. The number of halogens is 1. The van der Waals surface area contributed by atoms with Gasteiger partial charge >= 0.3 is 0 Å². The summed E-state index contributed by atoms with van der Waals surface area (Å²) in [5, 5.41) is 7.41. The van der Waals surface area contributed by atoms with Crippen LogP contribution in [0.1, 0.15) is 24.0 Å². The van der Waals surface area contributed by atoms with Gasteiger partial charge in [-0.15, -0.1) is 0 Å². The highest BCUT2D eigenvalue weighted by Gasteiger charge is 2.35. The minimum absolute atomic E-state index is 0.0447. The van der Waals surface area contributed by atoms with Crippen molar-refractivity contribution in [2.24, 2.45) is 4.99 Å². The normalized spacial score (nSPS) is 17.6. The predicted molar refractivity (Wildman–Crippen MR) is 117 cm³/mol. The largest absolute Gasteiger partial charge is 0.454 e. The van der Waals surface area contributed by atoms with Crippen molar-refractivity contribution in [2.45, 2.75) is 24.7 Å². The van der Waals surface area contributed by atoms with E-state index in [-0.39, 0.29) is 12.2 Å². The van der Waals surface area contributed by atoms with Crippen LogP contribution in [0.3, 0.4) is 0 Å². The Hall–Kier alpha value is -2.51. The maximum atomic E-state index is 5.85. The molecule has 0 bridgehead atoms. The number of guanidine groups is 1. The van der Waals surface area contributed by atoms with Gasteiger partial charge in [0.1, 0.15) is 5.15 Å². The van der Waals surface area contributed by atoms with E-state index in [0.29, 0.717) is 5.15 Å². The lowest BCUT2D eigenvalue weighted by molar-refractivity contribution is 0.0513. The van der Waals surface area contributed by atoms with Gasteiger partial charge in [-0.05, 0) is 48.6 Å². The van der Waals surface area contributed by atoms with Crippen molar-refractivity contribution in [1.82, 2.24) is 15.6 Å². The number of benzene rings is 1. The Morgan fingerprint density at radius 2 is 1.97 bits per heavy atom. The first-order chi connectivity index (χ1) is 14.7. The van der Waals surface area contributed by atoms with Crippen molar-refractivity contribution in [3.8, 4) is 11.5 Å². The molecule has 30 heavy (non-hydrogen) atoms. The third-order valence-corrected chi connectivity index (χ3v) is 5.97. The third kappa shape index (κ3) is 4.79. The van der Waals surface area contributed by atoms with E-state index in [4.69, 9.17) is 25.8 Å². The predicted octanol–water partition coefficient (Wildman–Crippen LogP) is 2.92. The van der Waals surface area contributed by atoms with Crippen LogP contribution in [0, 0.1) is 0 Å². The van der Waals surface area contributed by atoms with E-state index < -0.39 is 0 Å². The first kappa shape index (κ1) is 20.8. The van der Waals surface area contributed by atoms with Crippen molar-refractivity contribution >= 4 is 17.6 Å². The van der Waals surface area contributed by atoms with Gasteiger partial charge in [0, 0.05) is 45.0 Å². The summed E-state index contributed by atoms with van der Waals surface area (Å²) < 4.78 is 16.7. The minimum Gasteiger partial charge on any atom is -0.454 e. The number of nitrogens with zero attached hydrogens (tertiary/aromatic N) is 2. The topological polar surface area (TPSA) is 77.0 Å². The average Bonchev–Trinajstić information content (AvgIpc) is 3.26. The summed E-state index contributed by atoms with van der Waals surface area (Å²) in [6, 6.07) is 10.1. The molecule has 3 heterocycles. The van der Waals surface area contributed by atoms with Gasteiger partial charge in [0.15, 0.2) is 17.5 Å². The lowest BCUT2D eigenvalue weighted by Crippen LogP contribution is -2.48. The Morgan fingerprint density at radius 1 is 1.13 bits per heavy atom. The highest BCUT2D eigenvalue weighted by molar-refractivity contribution is 6.29. The number of nitrogens with one attached hydrogen (secondary N) is 2. The molecule has 0 unspecified atom stereocenters. The van der Waals surface area contributed by atoms with Gasteiger partial charge < -0.3 is 24.8 Å². The molecule has 8 heteroatoms. The lowest BCUT2D eigenvalue weighted by atomic mass is 9.74. The molecule has 0 saturated carbocycles. The maximum absolute atomic E-state index is 5.85. The van der Waals surface area contributed by atoms with E-state index in [1.165, 1.54) is 5.56 Å². The van der Waals surface area contributed by atoms with E-state index >= 15 is 0 Å². The van der Waals surface area contributed by atoms with Crippen molar-refractivity contribution in [1.29, 1.82) is 0 Å². The number of pyridine rings is 1. The molecule has 0 atom stereocenters. The molecule has 160 valence electrons. The van der Waals surface area contributed by atoms with E-state index in [0.717, 1.165) is 68.6 Å². The molecule has 0 amide bonds. The summed E-state index contributed by atoms with van der Waals surface area (Å²) in [4.78, 5) is 8.50. The fraction of sp³-hybridized carbons (Fsp3) is 0.455. The summed E-state index contributed by atoms with van der Waals surface area (Å²) in [6.45, 7) is 3.28. The molecule has 0 spiro atoms. The molecule has 2 N–H and O–H groups in total. The Labute approximate surface area is 181 Å². The van der Waals surface area contributed by atoms with Crippen LogP contribution >= 0.6 is 11.6 Å². The van der Waals surface area contributed by atoms with Crippen molar-refractivity contribution < 1.29 is 14.2 Å². The molecule has 1 saturated heterocycles. The van der Waals surface area contributed by atoms with Gasteiger partial charge in [0.2, 0.25) is 6.79 Å². The van der Waals surface area contributed by atoms with Crippen LogP contribution in [-0.4, -0.2) is 51.1 Å². The number of rotatable bonds is 6. The van der Waals surface area contributed by atoms with E-state index in [2.05, 4.69) is 32.7 Å². The van der Waals surface area contributed by atoms with Gasteiger partial charge in [-0.25, -0.2) is 4.98 Å². The van der Waals surface area contributed by atoms with Gasteiger partial charge in [0.05, 0.1) is 0 Å². The van der Waals surface area contributed by atoms with E-state index in [1.807, 2.05) is 18.2 Å². The zero-order chi connectivity index (χ0) is 20.8. The molecule has 2 aliphatic rings. The van der Waals surface area contributed by atoms with E-state index in [1.54, 1.807) is 13.2 Å². The summed E-state index contributed by atoms with van der Waals surface area (Å²) in [5.41, 5.74) is 2.32. The smallest absolute Gasteiger partial charge is 0.231 e. The Morgan fingerprint density at radius 3 is 2.73 bits per heavy atom. The SMILES string of the molecule is CN=C(NCCc1ccc(Cl)nc1)NCC1(c2ccc3c(c2)OCO3)CCOCC1. The van der Waals surface area contributed by atoms with Crippen LogP contribution in [0.15, 0.2) is 41.5 Å². The van der Waals surface area contributed by atoms with Gasteiger partial charge in [-0.3, -0.25) is 4.99 Å². The van der Waals surface area contributed by atoms with Crippen LogP contribution in [-0.2, 0) is 16.6 Å². The Bertz CT molecular complexity index is 882. The summed E-state index contributed by atoms with van der Waals surface area (Å²) in [6.07, 6.45) is 4.52. The fourth-order valence-corrected chi connectivity index (χ4v) is 4.02. The number of hydrogen-bond acceptors (Lipinski definition) is 5. The number of hydrogen-bond donors (Lipinski definition) is 2. The average molecular weight is 431 g/mol. The van der Waals surface area contributed by atoms with Crippen molar-refractivity contribution in [2.75, 3.05) is 40.1 Å². The molecular weight excluding hydrogens is 404 g/mol. The number of ether oxygens (including phenoxy) is 3. The maximum Gasteiger partial charge on any atom is 0.231 e. The quantitative estimate of drug-likeness (QED) is 0.417. The molecule has 0 aliphatic carbocycles. The van der Waals surface area contributed by atoms with Crippen LogP contribution < -0.4 is 20.1 Å². The van der Waals surface area contributed by atoms with Crippen molar-refractivity contribution in [3.63, 3.8) is 0 Å². The van der Waals surface area contributed by atoms with Crippen LogP contribution in [0.4, 0.5) is 0 Å². The standard InChI is InChI=1S/C22H27ClN4O3/c1-24-21(25-9-6-16-2-5-20(23)26-13-16)27-14-22(7-10-28-11-8-22)17-3-4-18-19(12-17)30-15-29-18/h2-5,12-13H,6-11,14-15H2,1H3,(H2,24,25,27). The van der Waals surface area contributed by atoms with E-state index in [9.17, 15) is 0 Å². The van der Waals surface area contributed by atoms with Crippen LogP contribution in [0.5, 0.6) is 11.5 Å². The summed E-state index contributed by atoms with van der Waals surface area (Å²) in [7, 11) is 1.79. The molecule has 2 aliphatic heterocycles. The molecule has 7 nitrogen and oxygen atoms in total. The lowest BCUT2D eigenvalue weighted by Gasteiger charge is -2.38. The highest BCUT2D eigenvalue weighted by Crippen LogP contribution is 2.40. The number of aromatic nitrogens is 1. The van der Waals surface area contributed by atoms with Gasteiger partial charge in [-0.1, -0.05) is 23.7 Å². The second kappa shape index (κ2) is 9.53. The summed E-state index contributed by atoms with van der Waals surface area (Å²) in [5.74, 6) is 2.41. The molecule has 1 aromatic heterocycles. The van der Waals surface area contributed by atoms with Gasteiger partial charge in [-0.2, -0.15) is 0 Å². The second-order valence-corrected chi connectivity index (χ2v) is 7.94. The second-order valence-electron chi connectivity index (χ2n) is 7.55. The zero-order valence-corrected chi connectivity index (χ0v) is 17.9. The molecule has 4 rings (SSSR count). The Balaban J connectivity index is 1.38. The third-order valence-electron chi connectivity index (χ3n) is 5.75. The first-order valence-electron chi connectivity index (χ1n) is 10.2. The van der Waals surface area contributed by atoms with Crippen molar-refractivity contribution in [3.05, 3.63) is 52.8 Å². The Kier molecular flexibility index (Phi) is 6.59. The molecule has 1 fully saturated rings. The number of aliphatic imine (C=N–C) groups is 1. The van der Waals surface area contributed by atoms with Gasteiger partial charge in [0.25, 0.3) is 0 Å². The summed E-state index contributed by atoms with van der Waals surface area (Å²) >= 11 is 5.85. The van der Waals surface area contributed by atoms with Crippen LogP contribution in [0.2, 0.25) is 5.15 Å². The highest BCUT2D eigenvalue weighted by atomic mass is 35.5. The first-order valence-corrected chi connectivity index (χ1v) is 10.6. The molecular formula is C22H27ClN4O3. The molecule has 0 radical (unpaired) electrons. The van der Waals surface area contributed by atoms with Crippen LogP contribution in [0.25, 0.3) is 0 Å². The molecule has 1 aromatic carbocycles. The number of fused-ring (bicyclic) bond motifs is 1. The fourth-order valence-electron chi connectivity index (χ4n) is 3.91. The monoisotopic (exact) mass is 430 g/mol. The molecule has 2 aromatic rings. The zero-order valence-electron chi connectivity index (χ0n) is 17.1.